The SMILES string of the molecule is CC(=O)C[13C](=O)[13CH2][13CH2][13C](=O)O. The van der Waals surface area contributed by atoms with Gasteiger partial charge in [-0.25, -0.2) is 0 Å². The first kappa shape index (κ1) is 9.81. The van der Waals surface area contributed by atoms with Crippen LogP contribution in [0.4, 0.5) is 0 Å². The van der Waals surface area contributed by atoms with Crippen molar-refractivity contribution in [1.29, 1.82) is 0 Å². The second-order valence-electron chi connectivity index (χ2n) is 2.31. The Morgan fingerprint density at radius 3 is 2.09 bits per heavy atom. The Labute approximate surface area is 64.2 Å². The summed E-state index contributed by atoms with van der Waals surface area (Å²) >= 11 is 0. The molecule has 0 bridgehead atoms. The number of aliphatic carboxylic acids is 1. The van der Waals surface area contributed by atoms with Crippen molar-refractivity contribution in [3.05, 3.63) is 0 Å². The average Bonchev–Trinajstić information content (AvgIpc) is 1.82. The van der Waals surface area contributed by atoms with Gasteiger partial charge in [0.25, 0.3) is 0 Å². The number of rotatable bonds is 5. The first-order valence-electron chi connectivity index (χ1n) is 3.25. The van der Waals surface area contributed by atoms with Crippen molar-refractivity contribution >= 4 is 17.5 Å². The van der Waals surface area contributed by atoms with Gasteiger partial charge in [0.2, 0.25) is 0 Å². The minimum Gasteiger partial charge on any atom is -0.481 e. The molecule has 11 heavy (non-hydrogen) atoms. The Bertz CT molecular complexity index is 183. The molecule has 0 aromatic carbocycles. The van der Waals surface area contributed by atoms with Crippen LogP contribution in [0.5, 0.6) is 0 Å². The van der Waals surface area contributed by atoms with Crippen molar-refractivity contribution in [3.63, 3.8) is 0 Å². The van der Waals surface area contributed by atoms with Crippen LogP contribution in [0.2, 0.25) is 0 Å². The lowest BCUT2D eigenvalue weighted by Crippen LogP contribution is -2.06. The van der Waals surface area contributed by atoms with Gasteiger partial charge >= 0.3 is 5.97 Å². The molecule has 0 atom stereocenters. The normalized spacial score (nSPS) is 9.18. The summed E-state index contributed by atoms with van der Waals surface area (Å²) in [6, 6.07) is 0. The largest absolute Gasteiger partial charge is 0.481 e. The number of carboxylic acids is 1. The fraction of sp³-hybridized carbons (Fsp3) is 0.571. The fourth-order valence-corrected chi connectivity index (χ4v) is 0.612. The molecular weight excluding hydrogens is 152 g/mol. The van der Waals surface area contributed by atoms with Crippen LogP contribution in [-0.2, 0) is 14.4 Å². The quantitative estimate of drug-likeness (QED) is 0.469. The minimum atomic E-state index is -1.01. The molecule has 0 rings (SSSR count). The van der Waals surface area contributed by atoms with E-state index < -0.39 is 5.97 Å². The lowest BCUT2D eigenvalue weighted by Gasteiger charge is -1.93. The summed E-state index contributed by atoms with van der Waals surface area (Å²) < 4.78 is 0. The molecule has 0 heterocycles. The van der Waals surface area contributed by atoms with E-state index in [-0.39, 0.29) is 30.8 Å². The van der Waals surface area contributed by atoms with Crippen molar-refractivity contribution in [1.82, 2.24) is 0 Å². The van der Waals surface area contributed by atoms with E-state index in [1.807, 2.05) is 0 Å². The van der Waals surface area contributed by atoms with Gasteiger partial charge in [-0.1, -0.05) is 0 Å². The zero-order valence-corrected chi connectivity index (χ0v) is 6.29. The molecule has 1 N–H and O–H groups in total. The smallest absolute Gasteiger partial charge is 0.303 e. The first-order chi connectivity index (χ1) is 5.02. The van der Waals surface area contributed by atoms with E-state index in [0.29, 0.717) is 0 Å². The van der Waals surface area contributed by atoms with Gasteiger partial charge in [0.1, 0.15) is 11.6 Å². The summed E-state index contributed by atoms with van der Waals surface area (Å²) in [5, 5.41) is 8.16. The van der Waals surface area contributed by atoms with E-state index in [4.69, 9.17) is 5.11 Å². The Kier molecular flexibility index (Phi) is 4.10. The van der Waals surface area contributed by atoms with E-state index in [1.165, 1.54) is 6.92 Å². The number of carbonyl (C=O) groups excluding carboxylic acids is 2. The summed E-state index contributed by atoms with van der Waals surface area (Å²) in [6.07, 6.45) is -0.381. The maximum absolute atomic E-state index is 10.7. The van der Waals surface area contributed by atoms with Crippen molar-refractivity contribution < 1.29 is 19.5 Å². The number of carbonyl (C=O) groups is 3. The van der Waals surface area contributed by atoms with E-state index in [2.05, 4.69) is 0 Å². The Balaban J connectivity index is 3.53. The highest BCUT2D eigenvalue weighted by atomic mass is 16.5. The fourth-order valence-electron chi connectivity index (χ4n) is 0.612. The standard InChI is InChI=1S/C7H10O4/c1-5(8)4-6(9)2-3-7(10)11/h2-4H2,1H3,(H,10,11)/i2+1,3+1,6+1,7+1. The summed E-state index contributed by atoms with van der Waals surface area (Å²) in [5.41, 5.74) is 0. The third-order valence-electron chi connectivity index (χ3n) is 1.06. The van der Waals surface area contributed by atoms with Crippen molar-refractivity contribution in [2.24, 2.45) is 0 Å². The molecule has 0 unspecified atom stereocenters. The van der Waals surface area contributed by atoms with Crippen molar-refractivity contribution in [3.8, 4) is 0 Å². The van der Waals surface area contributed by atoms with Gasteiger partial charge in [-0.15, -0.1) is 0 Å². The third-order valence-corrected chi connectivity index (χ3v) is 1.06. The van der Waals surface area contributed by atoms with Crippen molar-refractivity contribution in [2.45, 2.75) is 26.2 Å². The molecule has 4 heteroatoms. The summed E-state index contributed by atoms with van der Waals surface area (Å²) in [4.78, 5) is 31.0. The van der Waals surface area contributed by atoms with Gasteiger partial charge in [-0.3, -0.25) is 14.4 Å². The first-order valence-corrected chi connectivity index (χ1v) is 3.25. The molecular formula is C7H10O4. The van der Waals surface area contributed by atoms with Crippen LogP contribution in [-0.4, -0.2) is 22.6 Å². The topological polar surface area (TPSA) is 71.4 Å². The lowest BCUT2D eigenvalue weighted by molar-refractivity contribution is -0.139. The number of hydrogen-bond donors (Lipinski definition) is 1. The van der Waals surface area contributed by atoms with Gasteiger partial charge in [0.05, 0.1) is 12.8 Å². The minimum absolute atomic E-state index is 0.0467. The Morgan fingerprint density at radius 2 is 1.73 bits per heavy atom. The third kappa shape index (κ3) is 6.70. The van der Waals surface area contributed by atoms with Crippen LogP contribution in [0.3, 0.4) is 0 Å². The molecule has 0 amide bonds. The number of Topliss-reactive ketones (excluding diaryl/α,β-unsaturated/α-hetero) is 2. The van der Waals surface area contributed by atoms with Gasteiger partial charge < -0.3 is 5.11 Å². The summed E-state index contributed by atoms with van der Waals surface area (Å²) in [7, 11) is 0. The molecule has 0 aromatic rings. The number of ketones is 2. The summed E-state index contributed by atoms with van der Waals surface area (Å²) in [6.45, 7) is 1.30. The molecule has 0 aromatic heterocycles. The second kappa shape index (κ2) is 4.60. The number of hydrogen-bond acceptors (Lipinski definition) is 3. The molecule has 0 aliphatic carbocycles. The molecule has 0 saturated carbocycles. The van der Waals surface area contributed by atoms with Crippen LogP contribution in [0.15, 0.2) is 0 Å². The maximum atomic E-state index is 10.7. The highest BCUT2D eigenvalue weighted by Gasteiger charge is 2.07. The lowest BCUT2D eigenvalue weighted by atomic mass is 10.4. The molecule has 0 saturated heterocycles. The molecule has 0 fully saturated rings. The molecule has 62 valence electrons. The predicted molar refractivity (Wildman–Crippen MR) is 37.2 cm³/mol. The maximum Gasteiger partial charge on any atom is 0.303 e. The predicted octanol–water partition coefficient (Wildman–Crippen LogP) is 0.399. The van der Waals surface area contributed by atoms with Gasteiger partial charge in [0.15, 0.2) is 0 Å². The highest BCUT2D eigenvalue weighted by molar-refractivity contribution is 5.98. The average molecular weight is 162 g/mol. The van der Waals surface area contributed by atoms with E-state index in [9.17, 15) is 14.4 Å². The number of carboxylic acid groups (broad SMARTS) is 1. The van der Waals surface area contributed by atoms with E-state index >= 15 is 0 Å². The molecule has 4 nitrogen and oxygen atoms in total. The van der Waals surface area contributed by atoms with Crippen LogP contribution >= 0.6 is 0 Å². The Hall–Kier alpha value is -1.19. The van der Waals surface area contributed by atoms with Crippen LogP contribution in [0.25, 0.3) is 0 Å². The van der Waals surface area contributed by atoms with Crippen LogP contribution in [0.1, 0.15) is 26.2 Å². The molecule has 0 radical (unpaired) electrons. The van der Waals surface area contributed by atoms with Crippen molar-refractivity contribution in [2.75, 3.05) is 0 Å². The monoisotopic (exact) mass is 162 g/mol. The van der Waals surface area contributed by atoms with E-state index in [0.717, 1.165) is 0 Å². The van der Waals surface area contributed by atoms with Gasteiger partial charge in [-0.2, -0.15) is 0 Å². The Morgan fingerprint density at radius 1 is 1.18 bits per heavy atom. The molecule has 0 aliphatic rings. The molecule has 0 spiro atoms. The van der Waals surface area contributed by atoms with E-state index in [1.54, 1.807) is 0 Å². The zero-order valence-electron chi connectivity index (χ0n) is 6.29. The second-order valence-corrected chi connectivity index (χ2v) is 2.31. The van der Waals surface area contributed by atoms with Gasteiger partial charge in [0, 0.05) is 6.42 Å². The van der Waals surface area contributed by atoms with Crippen LogP contribution < -0.4 is 0 Å². The van der Waals surface area contributed by atoms with Crippen LogP contribution in [0, 0.1) is 0 Å². The molecule has 0 aliphatic heterocycles. The zero-order chi connectivity index (χ0) is 8.85. The summed E-state index contributed by atoms with van der Waals surface area (Å²) in [5.74, 6) is -1.54. The highest BCUT2D eigenvalue weighted by Crippen LogP contribution is 1.95. The van der Waals surface area contributed by atoms with Gasteiger partial charge in [-0.05, 0) is 6.92 Å².